The van der Waals surface area contributed by atoms with Gasteiger partial charge >= 0.3 is 0 Å². The summed E-state index contributed by atoms with van der Waals surface area (Å²) in [7, 11) is 0. The monoisotopic (exact) mass is 241 g/mol. The van der Waals surface area contributed by atoms with Crippen molar-refractivity contribution in [2.75, 3.05) is 0 Å². The zero-order valence-corrected chi connectivity index (χ0v) is 10.6. The molecule has 2 nitrogen and oxygen atoms in total. The van der Waals surface area contributed by atoms with Gasteiger partial charge in [-0.2, -0.15) is 0 Å². The Hall–Kier alpha value is -0.570. The first-order valence-corrected chi connectivity index (χ1v) is 6.07. The number of halogens is 1. The van der Waals surface area contributed by atoms with E-state index in [0.29, 0.717) is 10.9 Å². The minimum Gasteiger partial charge on any atom is -0.391 e. The minimum absolute atomic E-state index is 0.350. The van der Waals surface area contributed by atoms with Gasteiger partial charge in [-0.15, -0.1) is 0 Å². The topological polar surface area (TPSA) is 46.2 Å². The van der Waals surface area contributed by atoms with Gasteiger partial charge in [-0.05, 0) is 36.5 Å². The van der Waals surface area contributed by atoms with Crippen molar-refractivity contribution in [3.63, 3.8) is 0 Å². The predicted molar refractivity (Wildman–Crippen MR) is 68.5 cm³/mol. The maximum Gasteiger partial charge on any atom is 0.0732 e. The van der Waals surface area contributed by atoms with Crippen molar-refractivity contribution >= 4 is 11.6 Å². The quantitative estimate of drug-likeness (QED) is 0.832. The van der Waals surface area contributed by atoms with E-state index >= 15 is 0 Å². The van der Waals surface area contributed by atoms with Crippen molar-refractivity contribution in [1.82, 2.24) is 0 Å². The van der Waals surface area contributed by atoms with Crippen molar-refractivity contribution in [1.29, 1.82) is 0 Å². The standard InChI is InChI=1S/C13H20ClNO/c1-9(2)6-7-12(16)13(15)10-4-3-5-11(14)8-10/h3-5,8-9,12-13,16H,6-7,15H2,1-2H3/t12-,13+/m1/s1. The maximum atomic E-state index is 9.94. The van der Waals surface area contributed by atoms with Crippen molar-refractivity contribution in [3.05, 3.63) is 34.9 Å². The molecule has 0 bridgehead atoms. The SMILES string of the molecule is CC(C)CC[C@@H](O)[C@@H](N)c1cccc(Cl)c1. The molecule has 0 unspecified atom stereocenters. The summed E-state index contributed by atoms with van der Waals surface area (Å²) in [6.45, 7) is 4.27. The number of hydrogen-bond acceptors (Lipinski definition) is 2. The molecule has 16 heavy (non-hydrogen) atoms. The van der Waals surface area contributed by atoms with Crippen LogP contribution in [-0.4, -0.2) is 11.2 Å². The molecule has 0 aliphatic heterocycles. The summed E-state index contributed by atoms with van der Waals surface area (Å²) >= 11 is 5.88. The van der Waals surface area contributed by atoms with E-state index in [1.807, 2.05) is 18.2 Å². The molecular weight excluding hydrogens is 222 g/mol. The van der Waals surface area contributed by atoms with Crippen LogP contribution in [0.2, 0.25) is 5.02 Å². The van der Waals surface area contributed by atoms with Crippen molar-refractivity contribution < 1.29 is 5.11 Å². The van der Waals surface area contributed by atoms with Crippen LogP contribution in [0, 0.1) is 5.92 Å². The molecule has 0 radical (unpaired) electrons. The van der Waals surface area contributed by atoms with Crippen LogP contribution in [0.4, 0.5) is 0 Å². The molecule has 0 saturated carbocycles. The van der Waals surface area contributed by atoms with E-state index in [1.54, 1.807) is 6.07 Å². The Kier molecular flexibility index (Phi) is 5.26. The zero-order chi connectivity index (χ0) is 12.1. The molecule has 1 rings (SSSR count). The fourth-order valence-corrected chi connectivity index (χ4v) is 1.82. The van der Waals surface area contributed by atoms with Crippen LogP contribution in [0.5, 0.6) is 0 Å². The average Bonchev–Trinajstić information content (AvgIpc) is 2.24. The third-order valence-electron chi connectivity index (χ3n) is 2.69. The van der Waals surface area contributed by atoms with Crippen LogP contribution in [0.1, 0.15) is 38.3 Å². The number of aliphatic hydroxyl groups excluding tert-OH is 1. The molecule has 0 heterocycles. The second-order valence-electron chi connectivity index (χ2n) is 4.62. The van der Waals surface area contributed by atoms with E-state index < -0.39 is 6.10 Å². The molecular formula is C13H20ClNO. The van der Waals surface area contributed by atoms with E-state index in [-0.39, 0.29) is 6.04 Å². The number of hydrogen-bond donors (Lipinski definition) is 2. The molecule has 3 heteroatoms. The Morgan fingerprint density at radius 1 is 1.31 bits per heavy atom. The molecule has 0 spiro atoms. The van der Waals surface area contributed by atoms with E-state index in [2.05, 4.69) is 13.8 Å². The second kappa shape index (κ2) is 6.24. The number of rotatable bonds is 5. The molecule has 0 aliphatic carbocycles. The Bertz CT molecular complexity index is 327. The Labute approximate surface area is 102 Å². The van der Waals surface area contributed by atoms with Gasteiger partial charge in [0.2, 0.25) is 0 Å². The molecule has 0 fully saturated rings. The van der Waals surface area contributed by atoms with Crippen LogP contribution >= 0.6 is 11.6 Å². The van der Waals surface area contributed by atoms with Crippen molar-refractivity contribution in [2.24, 2.45) is 11.7 Å². The van der Waals surface area contributed by atoms with E-state index in [9.17, 15) is 5.11 Å². The lowest BCUT2D eigenvalue weighted by molar-refractivity contribution is 0.128. The molecule has 90 valence electrons. The van der Waals surface area contributed by atoms with E-state index in [1.165, 1.54) is 0 Å². The van der Waals surface area contributed by atoms with Gasteiger partial charge in [0.25, 0.3) is 0 Å². The molecule has 1 aromatic rings. The average molecular weight is 242 g/mol. The van der Waals surface area contributed by atoms with Crippen molar-refractivity contribution in [3.8, 4) is 0 Å². The van der Waals surface area contributed by atoms with Gasteiger partial charge in [0.1, 0.15) is 0 Å². The Balaban J connectivity index is 2.59. The van der Waals surface area contributed by atoms with Crippen LogP contribution in [0.25, 0.3) is 0 Å². The Morgan fingerprint density at radius 3 is 2.56 bits per heavy atom. The molecule has 0 amide bonds. The molecule has 0 aromatic heterocycles. The van der Waals surface area contributed by atoms with Gasteiger partial charge in [-0.25, -0.2) is 0 Å². The normalized spacial score (nSPS) is 15.1. The fourth-order valence-electron chi connectivity index (χ4n) is 1.62. The van der Waals surface area contributed by atoms with Gasteiger partial charge in [-0.3, -0.25) is 0 Å². The molecule has 1 aromatic carbocycles. The van der Waals surface area contributed by atoms with Gasteiger partial charge < -0.3 is 10.8 Å². The largest absolute Gasteiger partial charge is 0.391 e. The summed E-state index contributed by atoms with van der Waals surface area (Å²) in [5, 5.41) is 10.6. The predicted octanol–water partition coefficient (Wildman–Crippen LogP) is 3.14. The van der Waals surface area contributed by atoms with Gasteiger partial charge in [0.15, 0.2) is 0 Å². The molecule has 0 saturated heterocycles. The highest BCUT2D eigenvalue weighted by Crippen LogP contribution is 2.21. The summed E-state index contributed by atoms with van der Waals surface area (Å²) < 4.78 is 0. The number of nitrogens with two attached hydrogens (primary N) is 1. The van der Waals surface area contributed by atoms with Crippen LogP contribution in [0.3, 0.4) is 0 Å². The third kappa shape index (κ3) is 4.12. The smallest absolute Gasteiger partial charge is 0.0732 e. The van der Waals surface area contributed by atoms with Crippen molar-refractivity contribution in [2.45, 2.75) is 38.8 Å². The van der Waals surface area contributed by atoms with E-state index in [0.717, 1.165) is 18.4 Å². The summed E-state index contributed by atoms with van der Waals surface area (Å²) in [5.74, 6) is 0.584. The highest BCUT2D eigenvalue weighted by atomic mass is 35.5. The number of benzene rings is 1. The first kappa shape index (κ1) is 13.5. The fraction of sp³-hybridized carbons (Fsp3) is 0.538. The van der Waals surface area contributed by atoms with E-state index in [4.69, 9.17) is 17.3 Å². The molecule has 2 atom stereocenters. The highest BCUT2D eigenvalue weighted by molar-refractivity contribution is 6.30. The van der Waals surface area contributed by atoms with Gasteiger partial charge in [0, 0.05) is 5.02 Å². The van der Waals surface area contributed by atoms with Crippen LogP contribution in [-0.2, 0) is 0 Å². The molecule has 0 aliphatic rings. The van der Waals surface area contributed by atoms with Gasteiger partial charge in [-0.1, -0.05) is 37.6 Å². The Morgan fingerprint density at radius 2 is 2.00 bits per heavy atom. The highest BCUT2D eigenvalue weighted by Gasteiger charge is 2.17. The zero-order valence-electron chi connectivity index (χ0n) is 9.86. The summed E-state index contributed by atoms with van der Waals surface area (Å²) in [6.07, 6.45) is 1.21. The first-order chi connectivity index (χ1) is 7.50. The first-order valence-electron chi connectivity index (χ1n) is 5.70. The lowest BCUT2D eigenvalue weighted by Crippen LogP contribution is -2.26. The van der Waals surface area contributed by atoms with Gasteiger partial charge in [0.05, 0.1) is 12.1 Å². The minimum atomic E-state index is -0.499. The maximum absolute atomic E-state index is 9.94. The second-order valence-corrected chi connectivity index (χ2v) is 5.06. The number of aliphatic hydroxyl groups is 1. The summed E-state index contributed by atoms with van der Waals surface area (Å²) in [5.41, 5.74) is 6.88. The summed E-state index contributed by atoms with van der Waals surface area (Å²) in [4.78, 5) is 0. The van der Waals surface area contributed by atoms with Crippen LogP contribution < -0.4 is 5.73 Å². The lowest BCUT2D eigenvalue weighted by atomic mass is 9.96. The third-order valence-corrected chi connectivity index (χ3v) is 2.92. The van der Waals surface area contributed by atoms with Crippen LogP contribution in [0.15, 0.2) is 24.3 Å². The summed E-state index contributed by atoms with van der Waals surface area (Å²) in [6, 6.07) is 7.02. The molecule has 3 N–H and O–H groups in total. The lowest BCUT2D eigenvalue weighted by Gasteiger charge is -2.20.